The average molecular weight is 240 g/mol. The van der Waals surface area contributed by atoms with Crippen molar-refractivity contribution in [2.45, 2.75) is 44.3 Å². The molecule has 4 atom stereocenters. The number of ether oxygens (including phenoxy) is 2. The Kier molecular flexibility index (Phi) is 2.89. The number of hydrogen-bond acceptors (Lipinski definition) is 2. The minimum absolute atomic E-state index is 0.377. The summed E-state index contributed by atoms with van der Waals surface area (Å²) in [5.74, 6) is 1.93. The van der Waals surface area contributed by atoms with Gasteiger partial charge in [-0.2, -0.15) is 0 Å². The fourth-order valence-corrected chi connectivity index (χ4v) is 5.25. The summed E-state index contributed by atoms with van der Waals surface area (Å²) in [6.07, 6.45) is 6.14. The van der Waals surface area contributed by atoms with E-state index < -0.39 is 0 Å². The lowest BCUT2D eigenvalue weighted by Gasteiger charge is -2.42. The van der Waals surface area contributed by atoms with E-state index in [1.165, 1.54) is 35.9 Å². The Labute approximate surface area is 101 Å². The minimum atomic E-state index is 0.377. The molecule has 3 aliphatic rings. The summed E-state index contributed by atoms with van der Waals surface area (Å²) in [5, 5.41) is 0. The maximum absolute atomic E-state index is 6.25. The third kappa shape index (κ3) is 1.77. The first kappa shape index (κ1) is 11.2. The van der Waals surface area contributed by atoms with E-state index in [1.807, 2.05) is 0 Å². The fourth-order valence-electron chi connectivity index (χ4n) is 3.88. The van der Waals surface area contributed by atoms with Crippen LogP contribution in [-0.2, 0) is 9.47 Å². The zero-order chi connectivity index (χ0) is 11.2. The van der Waals surface area contributed by atoms with Crippen LogP contribution >= 0.6 is 0 Å². The summed E-state index contributed by atoms with van der Waals surface area (Å²) >= 11 is 0. The molecule has 0 N–H and O–H groups in total. The normalized spacial score (nSPS) is 44.8. The summed E-state index contributed by atoms with van der Waals surface area (Å²) in [5.41, 5.74) is 1.42. The molecule has 92 valence electrons. The van der Waals surface area contributed by atoms with Crippen LogP contribution in [0.4, 0.5) is 0 Å². The summed E-state index contributed by atoms with van der Waals surface area (Å²) in [6.45, 7) is 5.07. The predicted molar refractivity (Wildman–Crippen MR) is 67.8 cm³/mol. The molecule has 0 spiro atoms. The molecule has 0 aromatic heterocycles. The van der Waals surface area contributed by atoms with Crippen LogP contribution in [0.1, 0.15) is 32.6 Å². The van der Waals surface area contributed by atoms with Gasteiger partial charge in [0.25, 0.3) is 0 Å². The number of fused-ring (bicyclic) bond motifs is 2. The maximum Gasteiger partial charge on any atom is 0.0605 e. The molecule has 1 heterocycles. The van der Waals surface area contributed by atoms with Gasteiger partial charge in [0, 0.05) is 15.7 Å². The van der Waals surface area contributed by atoms with Crippen LogP contribution in [0.25, 0.3) is 0 Å². The van der Waals surface area contributed by atoms with Gasteiger partial charge in [0.1, 0.15) is 0 Å². The van der Waals surface area contributed by atoms with E-state index in [0.29, 0.717) is 11.5 Å². The molecule has 3 heteroatoms. The van der Waals surface area contributed by atoms with Gasteiger partial charge in [-0.05, 0) is 36.6 Å². The van der Waals surface area contributed by atoms with Gasteiger partial charge in [-0.1, -0.05) is 13.3 Å². The molecule has 0 aromatic carbocycles. The maximum atomic E-state index is 6.25. The van der Waals surface area contributed by atoms with Crippen molar-refractivity contribution in [3.05, 3.63) is 0 Å². The van der Waals surface area contributed by atoms with Crippen LogP contribution in [0.5, 0.6) is 0 Å². The average Bonchev–Trinajstić information content (AvgIpc) is 2.75. The Balaban J connectivity index is 1.52. The van der Waals surface area contributed by atoms with Crippen LogP contribution in [0.3, 0.4) is 0 Å². The van der Waals surface area contributed by atoms with Crippen molar-refractivity contribution in [1.29, 1.82) is 0 Å². The Morgan fingerprint density at radius 2 is 2.12 bits per heavy atom. The fraction of sp³-hybridized carbons (Fsp3) is 1.00. The Hall–Kier alpha value is 0.137. The highest BCUT2D eigenvalue weighted by Crippen LogP contribution is 2.51. The predicted octanol–water partition coefficient (Wildman–Crippen LogP) is 1.38. The summed E-state index contributed by atoms with van der Waals surface area (Å²) in [4.78, 5) is 0. The summed E-state index contributed by atoms with van der Waals surface area (Å²) in [6, 6.07) is 0. The van der Waals surface area contributed by atoms with Crippen molar-refractivity contribution < 1.29 is 9.47 Å². The molecule has 1 saturated heterocycles. The summed E-state index contributed by atoms with van der Waals surface area (Å²) < 4.78 is 11.6. The van der Waals surface area contributed by atoms with Gasteiger partial charge in [-0.25, -0.2) is 0 Å². The third-order valence-electron chi connectivity index (χ3n) is 5.25. The van der Waals surface area contributed by atoms with Crippen LogP contribution in [0.2, 0.25) is 5.54 Å². The molecule has 3 rings (SSSR count). The van der Waals surface area contributed by atoms with E-state index >= 15 is 0 Å². The minimum Gasteiger partial charge on any atom is -0.380 e. The van der Waals surface area contributed by atoms with Gasteiger partial charge >= 0.3 is 0 Å². The second-order valence-corrected chi connectivity index (χ2v) is 7.89. The first-order valence-electron chi connectivity index (χ1n) is 6.92. The van der Waals surface area contributed by atoms with Crippen molar-refractivity contribution in [1.82, 2.24) is 0 Å². The lowest BCUT2D eigenvalue weighted by atomic mass is 9.84. The summed E-state index contributed by atoms with van der Waals surface area (Å²) in [7, 11) is 1.37. The molecule has 4 unspecified atom stereocenters. The second kappa shape index (κ2) is 4.11. The van der Waals surface area contributed by atoms with E-state index in [9.17, 15) is 0 Å². The van der Waals surface area contributed by atoms with Crippen LogP contribution in [0.15, 0.2) is 0 Å². The molecule has 1 aliphatic heterocycles. The molecule has 16 heavy (non-hydrogen) atoms. The van der Waals surface area contributed by atoms with E-state index in [4.69, 9.17) is 9.47 Å². The highest BCUT2D eigenvalue weighted by atomic mass is 28.1. The second-order valence-electron chi connectivity index (χ2n) is 6.41. The highest BCUT2D eigenvalue weighted by molar-refractivity contribution is 6.12. The van der Waals surface area contributed by atoms with E-state index in [2.05, 4.69) is 6.92 Å². The van der Waals surface area contributed by atoms with Gasteiger partial charge in [0.05, 0.1) is 25.9 Å². The molecule has 0 aromatic rings. The first-order chi connectivity index (χ1) is 7.72. The lowest BCUT2D eigenvalue weighted by Crippen LogP contribution is -2.47. The molecule has 3 fully saturated rings. The van der Waals surface area contributed by atoms with E-state index in [-0.39, 0.29) is 0 Å². The van der Waals surface area contributed by atoms with Crippen LogP contribution in [0, 0.1) is 17.3 Å². The SMILES string of the molecule is CCC1(COC2CC3CC([SiH3])C2C3)COC1. The Morgan fingerprint density at radius 3 is 2.62 bits per heavy atom. The van der Waals surface area contributed by atoms with Crippen molar-refractivity contribution in [3.8, 4) is 0 Å². The van der Waals surface area contributed by atoms with Crippen LogP contribution in [-0.4, -0.2) is 36.2 Å². The van der Waals surface area contributed by atoms with Crippen molar-refractivity contribution in [3.63, 3.8) is 0 Å². The molecule has 0 amide bonds. The zero-order valence-electron chi connectivity index (χ0n) is 10.6. The van der Waals surface area contributed by atoms with Crippen molar-refractivity contribution in [2.75, 3.05) is 19.8 Å². The number of rotatable bonds is 4. The molecule has 2 nitrogen and oxygen atoms in total. The molecule has 2 saturated carbocycles. The molecular formula is C13H24O2Si. The van der Waals surface area contributed by atoms with Gasteiger partial charge in [-0.15, -0.1) is 0 Å². The zero-order valence-corrected chi connectivity index (χ0v) is 12.6. The third-order valence-corrected chi connectivity index (χ3v) is 6.58. The largest absolute Gasteiger partial charge is 0.380 e. The quantitative estimate of drug-likeness (QED) is 0.691. The van der Waals surface area contributed by atoms with Crippen LogP contribution < -0.4 is 0 Å². The monoisotopic (exact) mass is 240 g/mol. The van der Waals surface area contributed by atoms with Crippen molar-refractivity contribution in [2.24, 2.45) is 17.3 Å². The van der Waals surface area contributed by atoms with Gasteiger partial charge in [-0.3, -0.25) is 0 Å². The molecule has 0 radical (unpaired) electrons. The Morgan fingerprint density at radius 1 is 1.31 bits per heavy atom. The van der Waals surface area contributed by atoms with Gasteiger partial charge < -0.3 is 9.47 Å². The highest BCUT2D eigenvalue weighted by Gasteiger charge is 2.46. The first-order valence-corrected chi connectivity index (χ1v) is 8.07. The lowest BCUT2D eigenvalue weighted by molar-refractivity contribution is -0.164. The molecule has 2 aliphatic carbocycles. The van der Waals surface area contributed by atoms with Gasteiger partial charge in [0.15, 0.2) is 0 Å². The van der Waals surface area contributed by atoms with Crippen molar-refractivity contribution >= 4 is 10.2 Å². The van der Waals surface area contributed by atoms with E-state index in [0.717, 1.165) is 37.2 Å². The number of hydrogen-bond donors (Lipinski definition) is 0. The molecular weight excluding hydrogens is 216 g/mol. The standard InChI is InChI=1S/C13H24O2Si/c1-2-13(6-14-7-13)8-15-11-4-9-3-10(11)12(16)5-9/h9-12H,2-8H2,1,16H3. The van der Waals surface area contributed by atoms with Gasteiger partial charge in [0.2, 0.25) is 0 Å². The topological polar surface area (TPSA) is 18.5 Å². The Bertz CT molecular complexity index is 259. The van der Waals surface area contributed by atoms with E-state index in [1.54, 1.807) is 0 Å². The molecule has 2 bridgehead atoms. The smallest absolute Gasteiger partial charge is 0.0605 e.